The Morgan fingerprint density at radius 3 is 3.00 bits per heavy atom. The van der Waals surface area contributed by atoms with Gasteiger partial charge < -0.3 is 10.1 Å². The molecular formula is C9H18N4O2. The summed E-state index contributed by atoms with van der Waals surface area (Å²) in [4.78, 5) is 13.8. The highest BCUT2D eigenvalue weighted by molar-refractivity contribution is 5.75. The molecule has 0 aromatic heterocycles. The van der Waals surface area contributed by atoms with Gasteiger partial charge in [0.2, 0.25) is 5.91 Å². The van der Waals surface area contributed by atoms with Crippen molar-refractivity contribution < 1.29 is 9.53 Å². The van der Waals surface area contributed by atoms with Crippen LogP contribution in [0.4, 0.5) is 0 Å². The highest BCUT2D eigenvalue weighted by atomic mass is 16.5. The molecular weight excluding hydrogens is 196 g/mol. The molecule has 1 N–H and O–H groups in total. The van der Waals surface area contributed by atoms with Gasteiger partial charge in [0.25, 0.3) is 0 Å². The van der Waals surface area contributed by atoms with Crippen molar-refractivity contribution in [1.29, 1.82) is 0 Å². The van der Waals surface area contributed by atoms with Gasteiger partial charge in [0.1, 0.15) is 0 Å². The number of methoxy groups -OCH3 is 1. The highest BCUT2D eigenvalue weighted by Gasteiger charge is 2.04. The van der Waals surface area contributed by atoms with E-state index in [1.165, 1.54) is 0 Å². The first-order valence-corrected chi connectivity index (χ1v) is 5.01. The van der Waals surface area contributed by atoms with Crippen LogP contribution in [-0.4, -0.2) is 32.2 Å². The van der Waals surface area contributed by atoms with Crippen LogP contribution in [0.2, 0.25) is 0 Å². The first kappa shape index (κ1) is 13.7. The summed E-state index contributed by atoms with van der Waals surface area (Å²) in [6.07, 6.45) is 1.98. The second kappa shape index (κ2) is 9.30. The first-order chi connectivity index (χ1) is 7.20. The Balaban J connectivity index is 3.37. The maximum atomic E-state index is 11.2. The Kier molecular flexibility index (Phi) is 8.52. The van der Waals surface area contributed by atoms with E-state index >= 15 is 0 Å². The minimum absolute atomic E-state index is 0.0137. The Morgan fingerprint density at radius 1 is 1.67 bits per heavy atom. The molecule has 0 aromatic rings. The van der Waals surface area contributed by atoms with E-state index in [0.717, 1.165) is 6.42 Å². The van der Waals surface area contributed by atoms with E-state index < -0.39 is 0 Å². The van der Waals surface area contributed by atoms with Crippen LogP contribution in [0.3, 0.4) is 0 Å². The van der Waals surface area contributed by atoms with Crippen LogP contribution in [0.1, 0.15) is 26.2 Å². The maximum Gasteiger partial charge on any atom is 0.220 e. The number of carbonyl (C=O) groups is 1. The van der Waals surface area contributed by atoms with Crippen molar-refractivity contribution in [3.05, 3.63) is 10.4 Å². The molecule has 0 saturated heterocycles. The summed E-state index contributed by atoms with van der Waals surface area (Å²) in [5.41, 5.74) is 8.00. The Hall–Kier alpha value is -1.26. The normalized spacial score (nSPS) is 11.6. The smallest absolute Gasteiger partial charge is 0.220 e. The standard InChI is InChI=1S/C9H18N4O2/c1-8(15-2)4-5-9(14)11-6-3-7-12-13-10/h8H,3-7H2,1-2H3,(H,11,14). The minimum Gasteiger partial charge on any atom is -0.382 e. The number of hydrogen-bond acceptors (Lipinski definition) is 3. The zero-order valence-electron chi connectivity index (χ0n) is 9.27. The Morgan fingerprint density at radius 2 is 2.40 bits per heavy atom. The van der Waals surface area contributed by atoms with Gasteiger partial charge in [-0.05, 0) is 25.3 Å². The lowest BCUT2D eigenvalue weighted by Gasteiger charge is -2.08. The summed E-state index contributed by atoms with van der Waals surface area (Å²) in [5.74, 6) is 0.0137. The molecule has 0 aliphatic heterocycles. The quantitative estimate of drug-likeness (QED) is 0.288. The van der Waals surface area contributed by atoms with Crippen LogP contribution < -0.4 is 5.32 Å². The van der Waals surface area contributed by atoms with E-state index in [1.807, 2.05) is 6.92 Å². The predicted molar refractivity (Wildman–Crippen MR) is 57.3 cm³/mol. The summed E-state index contributed by atoms with van der Waals surface area (Å²) in [5, 5.41) is 6.11. The van der Waals surface area contributed by atoms with Gasteiger partial charge in [-0.1, -0.05) is 5.11 Å². The van der Waals surface area contributed by atoms with Crippen molar-refractivity contribution >= 4 is 5.91 Å². The lowest BCUT2D eigenvalue weighted by molar-refractivity contribution is -0.121. The molecule has 1 atom stereocenters. The zero-order chi connectivity index (χ0) is 11.5. The van der Waals surface area contributed by atoms with Crippen LogP contribution in [-0.2, 0) is 9.53 Å². The van der Waals surface area contributed by atoms with Gasteiger partial charge in [0.05, 0.1) is 6.10 Å². The number of ether oxygens (including phenoxy) is 1. The molecule has 0 fully saturated rings. The highest BCUT2D eigenvalue weighted by Crippen LogP contribution is 1.99. The van der Waals surface area contributed by atoms with E-state index in [0.29, 0.717) is 25.9 Å². The molecule has 0 aromatic carbocycles. The number of amides is 1. The maximum absolute atomic E-state index is 11.2. The first-order valence-electron chi connectivity index (χ1n) is 5.01. The SMILES string of the molecule is COC(C)CCC(=O)NCCCN=[N+]=[N-]. The topological polar surface area (TPSA) is 87.1 Å². The number of rotatable bonds is 8. The predicted octanol–water partition coefficient (Wildman–Crippen LogP) is 1.62. The average Bonchev–Trinajstić information content (AvgIpc) is 2.25. The molecule has 6 heteroatoms. The summed E-state index contributed by atoms with van der Waals surface area (Å²) < 4.78 is 5.02. The summed E-state index contributed by atoms with van der Waals surface area (Å²) >= 11 is 0. The fourth-order valence-corrected chi connectivity index (χ4v) is 0.963. The minimum atomic E-state index is 0.0137. The third-order valence-corrected chi connectivity index (χ3v) is 2.00. The molecule has 0 rings (SSSR count). The summed E-state index contributed by atoms with van der Waals surface area (Å²) in [6, 6.07) is 0. The van der Waals surface area contributed by atoms with Crippen molar-refractivity contribution in [2.24, 2.45) is 5.11 Å². The number of carbonyl (C=O) groups excluding carboxylic acids is 1. The van der Waals surface area contributed by atoms with Gasteiger partial charge in [0.15, 0.2) is 0 Å². The molecule has 0 spiro atoms. The number of azide groups is 1. The molecule has 0 radical (unpaired) electrons. The third kappa shape index (κ3) is 9.05. The lowest BCUT2D eigenvalue weighted by atomic mass is 10.2. The fraction of sp³-hybridized carbons (Fsp3) is 0.889. The largest absolute Gasteiger partial charge is 0.382 e. The van der Waals surface area contributed by atoms with Crippen molar-refractivity contribution in [3.63, 3.8) is 0 Å². The van der Waals surface area contributed by atoms with Gasteiger partial charge >= 0.3 is 0 Å². The molecule has 1 unspecified atom stereocenters. The van der Waals surface area contributed by atoms with Crippen LogP contribution in [0.5, 0.6) is 0 Å². The van der Waals surface area contributed by atoms with Gasteiger partial charge in [-0.2, -0.15) is 0 Å². The van der Waals surface area contributed by atoms with E-state index in [4.69, 9.17) is 10.3 Å². The fourth-order valence-electron chi connectivity index (χ4n) is 0.963. The van der Waals surface area contributed by atoms with E-state index in [2.05, 4.69) is 15.3 Å². The monoisotopic (exact) mass is 214 g/mol. The van der Waals surface area contributed by atoms with Crippen LogP contribution in [0, 0.1) is 0 Å². The van der Waals surface area contributed by atoms with Crippen LogP contribution in [0.25, 0.3) is 10.4 Å². The Bertz CT molecular complexity index is 226. The molecule has 1 amide bonds. The van der Waals surface area contributed by atoms with Gasteiger partial charge in [0, 0.05) is 31.5 Å². The van der Waals surface area contributed by atoms with E-state index in [1.54, 1.807) is 7.11 Å². The number of nitrogens with zero attached hydrogens (tertiary/aromatic N) is 3. The van der Waals surface area contributed by atoms with E-state index in [9.17, 15) is 4.79 Å². The Labute approximate surface area is 89.6 Å². The number of nitrogens with one attached hydrogen (secondary N) is 1. The molecule has 86 valence electrons. The van der Waals surface area contributed by atoms with Crippen molar-refractivity contribution in [3.8, 4) is 0 Å². The molecule has 0 saturated carbocycles. The molecule has 6 nitrogen and oxygen atoms in total. The van der Waals surface area contributed by atoms with Crippen molar-refractivity contribution in [1.82, 2.24) is 5.32 Å². The third-order valence-electron chi connectivity index (χ3n) is 2.00. The molecule has 0 aliphatic rings. The molecule has 0 aliphatic carbocycles. The van der Waals surface area contributed by atoms with Crippen LogP contribution >= 0.6 is 0 Å². The molecule has 15 heavy (non-hydrogen) atoms. The van der Waals surface area contributed by atoms with Gasteiger partial charge in [-0.15, -0.1) is 0 Å². The van der Waals surface area contributed by atoms with Gasteiger partial charge in [-0.3, -0.25) is 4.79 Å². The lowest BCUT2D eigenvalue weighted by Crippen LogP contribution is -2.25. The average molecular weight is 214 g/mol. The molecule has 0 bridgehead atoms. The van der Waals surface area contributed by atoms with Crippen molar-refractivity contribution in [2.75, 3.05) is 20.2 Å². The second-order valence-electron chi connectivity index (χ2n) is 3.24. The van der Waals surface area contributed by atoms with E-state index in [-0.39, 0.29) is 12.0 Å². The van der Waals surface area contributed by atoms with Crippen molar-refractivity contribution in [2.45, 2.75) is 32.3 Å². The van der Waals surface area contributed by atoms with Gasteiger partial charge in [-0.25, -0.2) is 0 Å². The second-order valence-corrected chi connectivity index (χ2v) is 3.24. The summed E-state index contributed by atoms with van der Waals surface area (Å²) in [7, 11) is 1.63. The number of hydrogen-bond donors (Lipinski definition) is 1. The zero-order valence-corrected chi connectivity index (χ0v) is 9.27. The summed E-state index contributed by atoms with van der Waals surface area (Å²) in [6.45, 7) is 2.90. The van der Waals surface area contributed by atoms with Crippen LogP contribution in [0.15, 0.2) is 5.11 Å². The molecule has 0 heterocycles.